The molecule has 26 heavy (non-hydrogen) atoms. The molecule has 2 amide bonds. The van der Waals surface area contributed by atoms with Gasteiger partial charge in [0.1, 0.15) is 5.75 Å². The lowest BCUT2D eigenvalue weighted by molar-refractivity contribution is 0.251. The molecule has 0 aliphatic rings. The highest BCUT2D eigenvalue weighted by molar-refractivity contribution is 6.31. The fourth-order valence-corrected chi connectivity index (χ4v) is 2.83. The molecule has 0 saturated carbocycles. The van der Waals surface area contributed by atoms with Crippen molar-refractivity contribution < 1.29 is 9.53 Å². The largest absolute Gasteiger partial charge is 0.495 e. The number of aromatic nitrogens is 1. The minimum Gasteiger partial charge on any atom is -0.495 e. The van der Waals surface area contributed by atoms with Crippen molar-refractivity contribution in [3.63, 3.8) is 0 Å². The van der Waals surface area contributed by atoms with Crippen LogP contribution in [-0.2, 0) is 13.1 Å². The molecule has 2 aromatic carbocycles. The van der Waals surface area contributed by atoms with E-state index >= 15 is 0 Å². The van der Waals surface area contributed by atoms with Gasteiger partial charge in [-0.1, -0.05) is 41.9 Å². The van der Waals surface area contributed by atoms with Crippen LogP contribution in [0.3, 0.4) is 0 Å². The van der Waals surface area contributed by atoms with Crippen molar-refractivity contribution in [3.8, 4) is 5.75 Å². The molecule has 6 heteroatoms. The van der Waals surface area contributed by atoms with Crippen LogP contribution >= 0.6 is 11.6 Å². The van der Waals surface area contributed by atoms with Gasteiger partial charge in [-0.05, 0) is 35.9 Å². The maximum atomic E-state index is 12.2. The predicted octanol–water partition coefficient (Wildman–Crippen LogP) is 4.52. The summed E-state index contributed by atoms with van der Waals surface area (Å²) in [5, 5.41) is 6.15. The predicted molar refractivity (Wildman–Crippen MR) is 104 cm³/mol. The van der Waals surface area contributed by atoms with Gasteiger partial charge in [0.2, 0.25) is 0 Å². The van der Waals surface area contributed by atoms with Crippen molar-refractivity contribution in [2.75, 3.05) is 12.4 Å². The van der Waals surface area contributed by atoms with E-state index < -0.39 is 0 Å². The van der Waals surface area contributed by atoms with Gasteiger partial charge in [0.05, 0.1) is 19.3 Å². The first kappa shape index (κ1) is 17.9. The summed E-state index contributed by atoms with van der Waals surface area (Å²) in [5.41, 5.74) is 2.75. The Morgan fingerprint density at radius 1 is 1.12 bits per heavy atom. The molecule has 0 spiro atoms. The van der Waals surface area contributed by atoms with Crippen molar-refractivity contribution in [3.05, 3.63) is 83.1 Å². The van der Waals surface area contributed by atoms with Gasteiger partial charge in [0.25, 0.3) is 0 Å². The molecule has 5 nitrogen and oxygen atoms in total. The van der Waals surface area contributed by atoms with Crippen LogP contribution < -0.4 is 15.4 Å². The molecule has 1 aromatic heterocycles. The van der Waals surface area contributed by atoms with Gasteiger partial charge in [-0.2, -0.15) is 0 Å². The Kier molecular flexibility index (Phi) is 5.81. The zero-order valence-corrected chi connectivity index (χ0v) is 15.2. The maximum Gasteiger partial charge on any atom is 0.319 e. The fourth-order valence-electron chi connectivity index (χ4n) is 2.66. The molecular formula is C20H20ClN3O2. The number of anilines is 1. The summed E-state index contributed by atoms with van der Waals surface area (Å²) in [6.45, 7) is 1.17. The van der Waals surface area contributed by atoms with Crippen molar-refractivity contribution in [1.82, 2.24) is 9.88 Å². The van der Waals surface area contributed by atoms with Crippen molar-refractivity contribution in [2.45, 2.75) is 13.1 Å². The fraction of sp³-hybridized carbons (Fsp3) is 0.150. The van der Waals surface area contributed by atoms with E-state index in [0.717, 1.165) is 12.2 Å². The van der Waals surface area contributed by atoms with Crippen LogP contribution in [0.1, 0.15) is 11.3 Å². The first-order valence-electron chi connectivity index (χ1n) is 8.22. The molecule has 0 atom stereocenters. The molecule has 0 fully saturated rings. The van der Waals surface area contributed by atoms with Gasteiger partial charge in [-0.25, -0.2) is 4.79 Å². The Morgan fingerprint density at radius 3 is 2.69 bits per heavy atom. The number of rotatable bonds is 6. The lowest BCUT2D eigenvalue weighted by atomic mass is 10.2. The van der Waals surface area contributed by atoms with E-state index in [9.17, 15) is 4.79 Å². The highest BCUT2D eigenvalue weighted by Gasteiger charge is 2.09. The standard InChI is InChI=1S/C20H20ClN3O2/c1-26-19-10-9-16(21)12-18(19)23-20(25)22-13-17-8-5-11-24(17)14-15-6-3-2-4-7-15/h2-12H,13-14H2,1H3,(H2,22,23,25). The Morgan fingerprint density at radius 2 is 1.92 bits per heavy atom. The highest BCUT2D eigenvalue weighted by Crippen LogP contribution is 2.27. The molecule has 0 bridgehead atoms. The Balaban J connectivity index is 1.61. The molecule has 134 valence electrons. The van der Waals surface area contributed by atoms with E-state index in [-0.39, 0.29) is 6.03 Å². The number of urea groups is 1. The number of amides is 2. The number of nitrogens with zero attached hydrogens (tertiary/aromatic N) is 1. The second-order valence-electron chi connectivity index (χ2n) is 5.77. The third-order valence-electron chi connectivity index (χ3n) is 3.96. The van der Waals surface area contributed by atoms with Crippen LogP contribution in [0.2, 0.25) is 5.02 Å². The average molecular weight is 370 g/mol. The van der Waals surface area contributed by atoms with E-state index in [0.29, 0.717) is 23.0 Å². The first-order valence-corrected chi connectivity index (χ1v) is 8.60. The smallest absolute Gasteiger partial charge is 0.319 e. The number of benzene rings is 2. The molecule has 0 radical (unpaired) electrons. The molecule has 2 N–H and O–H groups in total. The number of hydrogen-bond donors (Lipinski definition) is 2. The van der Waals surface area contributed by atoms with Crippen LogP contribution in [0.4, 0.5) is 10.5 Å². The van der Waals surface area contributed by atoms with Gasteiger partial charge in [-0.3, -0.25) is 0 Å². The summed E-state index contributed by atoms with van der Waals surface area (Å²) in [7, 11) is 1.54. The highest BCUT2D eigenvalue weighted by atomic mass is 35.5. The zero-order chi connectivity index (χ0) is 18.4. The third kappa shape index (κ3) is 4.58. The van der Waals surface area contributed by atoms with E-state index in [4.69, 9.17) is 16.3 Å². The average Bonchev–Trinajstić information content (AvgIpc) is 3.08. The number of carbonyl (C=O) groups is 1. The van der Waals surface area contributed by atoms with E-state index in [1.807, 2.05) is 36.5 Å². The number of ether oxygens (including phenoxy) is 1. The van der Waals surface area contributed by atoms with Crippen LogP contribution in [0.15, 0.2) is 66.9 Å². The third-order valence-corrected chi connectivity index (χ3v) is 4.19. The summed E-state index contributed by atoms with van der Waals surface area (Å²) in [6.07, 6.45) is 2.00. The van der Waals surface area contributed by atoms with Crippen molar-refractivity contribution in [2.24, 2.45) is 0 Å². The molecule has 0 saturated heterocycles. The van der Waals surface area contributed by atoms with Crippen molar-refractivity contribution in [1.29, 1.82) is 0 Å². The van der Waals surface area contributed by atoms with Crippen molar-refractivity contribution >= 4 is 23.3 Å². The second kappa shape index (κ2) is 8.45. The van der Waals surface area contributed by atoms with Crippen LogP contribution in [-0.4, -0.2) is 17.7 Å². The summed E-state index contributed by atoms with van der Waals surface area (Å²) in [6, 6.07) is 18.9. The van der Waals surface area contributed by atoms with Gasteiger partial charge < -0.3 is 19.9 Å². The minimum atomic E-state index is -0.321. The molecule has 3 aromatic rings. The van der Waals surface area contributed by atoms with Gasteiger partial charge in [0, 0.05) is 23.5 Å². The molecule has 0 unspecified atom stereocenters. The first-order chi connectivity index (χ1) is 12.7. The monoisotopic (exact) mass is 369 g/mol. The van der Waals surface area contributed by atoms with Gasteiger partial charge >= 0.3 is 6.03 Å². The summed E-state index contributed by atoms with van der Waals surface area (Å²) in [5.74, 6) is 0.553. The van der Waals surface area contributed by atoms with E-state index in [1.165, 1.54) is 5.56 Å². The molecule has 1 heterocycles. The normalized spacial score (nSPS) is 10.4. The molecule has 3 rings (SSSR count). The summed E-state index contributed by atoms with van der Waals surface area (Å²) in [4.78, 5) is 12.2. The SMILES string of the molecule is COc1ccc(Cl)cc1NC(=O)NCc1cccn1Cc1ccccc1. The van der Waals surface area contributed by atoms with Crippen LogP contribution in [0.25, 0.3) is 0 Å². The van der Waals surface area contributed by atoms with Gasteiger partial charge in [0.15, 0.2) is 0 Å². The number of carbonyl (C=O) groups excluding carboxylic acids is 1. The summed E-state index contributed by atoms with van der Waals surface area (Å²) < 4.78 is 7.34. The molecular weight excluding hydrogens is 350 g/mol. The number of methoxy groups -OCH3 is 1. The van der Waals surface area contributed by atoms with E-state index in [1.54, 1.807) is 25.3 Å². The topological polar surface area (TPSA) is 55.3 Å². The Hall–Kier alpha value is -2.92. The lowest BCUT2D eigenvalue weighted by Crippen LogP contribution is -2.29. The number of nitrogens with one attached hydrogen (secondary N) is 2. The zero-order valence-electron chi connectivity index (χ0n) is 14.4. The second-order valence-corrected chi connectivity index (χ2v) is 6.20. The molecule has 0 aliphatic carbocycles. The summed E-state index contributed by atoms with van der Waals surface area (Å²) >= 11 is 5.98. The minimum absolute atomic E-state index is 0.321. The maximum absolute atomic E-state index is 12.2. The quantitative estimate of drug-likeness (QED) is 0.671. The van der Waals surface area contributed by atoms with Gasteiger partial charge in [-0.15, -0.1) is 0 Å². The lowest BCUT2D eigenvalue weighted by Gasteiger charge is -2.13. The number of hydrogen-bond acceptors (Lipinski definition) is 2. The van der Waals surface area contributed by atoms with Crippen LogP contribution in [0.5, 0.6) is 5.75 Å². The van der Waals surface area contributed by atoms with Crippen LogP contribution in [0, 0.1) is 0 Å². The molecule has 0 aliphatic heterocycles. The Bertz CT molecular complexity index is 878. The Labute approximate surface area is 157 Å². The van der Waals surface area contributed by atoms with E-state index in [2.05, 4.69) is 27.3 Å². The number of halogens is 1.